The van der Waals surface area contributed by atoms with Gasteiger partial charge in [0, 0.05) is 28.0 Å². The van der Waals surface area contributed by atoms with Gasteiger partial charge in [-0.05, 0) is 90.6 Å². The van der Waals surface area contributed by atoms with Gasteiger partial charge in [-0.25, -0.2) is 4.57 Å². The van der Waals surface area contributed by atoms with Crippen LogP contribution in [0.4, 0.5) is 0 Å². The molecule has 1 heterocycles. The van der Waals surface area contributed by atoms with Gasteiger partial charge in [-0.3, -0.25) is 0 Å². The van der Waals surface area contributed by atoms with Gasteiger partial charge in [0.05, 0.1) is 0 Å². The van der Waals surface area contributed by atoms with Crippen molar-refractivity contribution in [3.05, 3.63) is 112 Å². The second kappa shape index (κ2) is 9.47. The molecule has 0 unspecified atom stereocenters. The van der Waals surface area contributed by atoms with Crippen LogP contribution in [0.25, 0.3) is 22.4 Å². The number of aromatic nitrogens is 1. The Labute approximate surface area is 234 Å². The van der Waals surface area contributed by atoms with Gasteiger partial charge in [-0.2, -0.15) is 0 Å². The largest absolute Gasteiger partial charge is 0.213 e. The first-order valence-corrected chi connectivity index (χ1v) is 15.4. The van der Waals surface area contributed by atoms with Crippen LogP contribution in [-0.2, 0) is 17.9 Å². The summed E-state index contributed by atoms with van der Waals surface area (Å²) < 4.78 is 2.30. The molecule has 1 heteroatoms. The molecule has 198 valence electrons. The topological polar surface area (TPSA) is 3.88 Å². The van der Waals surface area contributed by atoms with Crippen molar-refractivity contribution in [3.8, 4) is 22.4 Å². The van der Waals surface area contributed by atoms with E-state index in [0.29, 0.717) is 0 Å². The minimum Gasteiger partial charge on any atom is -0.201 e. The van der Waals surface area contributed by atoms with Gasteiger partial charge in [0.1, 0.15) is 7.05 Å². The Morgan fingerprint density at radius 2 is 1.10 bits per heavy atom. The van der Waals surface area contributed by atoms with Gasteiger partial charge in [0.2, 0.25) is 5.69 Å². The van der Waals surface area contributed by atoms with E-state index in [1.54, 1.807) is 22.3 Å². The summed E-state index contributed by atoms with van der Waals surface area (Å²) in [6.45, 7) is 4.51. The Morgan fingerprint density at radius 3 is 1.74 bits per heavy atom. The summed E-state index contributed by atoms with van der Waals surface area (Å²) in [6, 6.07) is 28.6. The van der Waals surface area contributed by atoms with Crippen molar-refractivity contribution in [2.45, 2.75) is 88.9 Å². The summed E-state index contributed by atoms with van der Waals surface area (Å²) in [4.78, 5) is 0. The van der Waals surface area contributed by atoms with Gasteiger partial charge in [-0.15, -0.1) is 0 Å². The number of aryl methyl sites for hydroxylation is 3. The quantitative estimate of drug-likeness (QED) is 0.236. The van der Waals surface area contributed by atoms with Crippen LogP contribution in [0.1, 0.15) is 97.6 Å². The smallest absolute Gasteiger partial charge is 0.201 e. The minimum atomic E-state index is 0.162. The molecule has 3 aromatic carbocycles. The Kier molecular flexibility index (Phi) is 6.03. The molecule has 39 heavy (non-hydrogen) atoms. The fourth-order valence-electron chi connectivity index (χ4n) is 8.74. The Morgan fingerprint density at radius 1 is 0.538 bits per heavy atom. The van der Waals surface area contributed by atoms with Crippen LogP contribution in [0.3, 0.4) is 0 Å². The fourth-order valence-corrected chi connectivity index (χ4v) is 8.74. The monoisotopic (exact) mass is 512 g/mol. The van der Waals surface area contributed by atoms with E-state index >= 15 is 0 Å². The van der Waals surface area contributed by atoms with E-state index in [4.69, 9.17) is 0 Å². The highest BCUT2D eigenvalue weighted by Crippen LogP contribution is 2.59. The van der Waals surface area contributed by atoms with E-state index in [1.165, 1.54) is 97.7 Å². The summed E-state index contributed by atoms with van der Waals surface area (Å²) in [5.41, 5.74) is 15.0. The molecular formula is C38H42N+. The molecule has 4 aromatic rings. The van der Waals surface area contributed by atoms with E-state index in [-0.39, 0.29) is 10.8 Å². The molecule has 1 nitrogen and oxygen atoms in total. The first-order valence-electron chi connectivity index (χ1n) is 15.4. The molecule has 0 amide bonds. The third-order valence-corrected chi connectivity index (χ3v) is 10.6. The number of pyridine rings is 1. The average Bonchev–Trinajstić information content (AvgIpc) is 2.98. The number of benzene rings is 3. The zero-order valence-electron chi connectivity index (χ0n) is 24.0. The molecule has 3 aliphatic carbocycles. The van der Waals surface area contributed by atoms with E-state index in [0.717, 1.165) is 0 Å². The Bertz CT molecular complexity index is 1550. The third kappa shape index (κ3) is 3.76. The van der Waals surface area contributed by atoms with Gasteiger partial charge in [-0.1, -0.05) is 93.1 Å². The highest BCUT2D eigenvalue weighted by atomic mass is 14.9. The van der Waals surface area contributed by atoms with E-state index < -0.39 is 0 Å². The maximum atomic E-state index is 2.65. The van der Waals surface area contributed by atoms with E-state index in [2.05, 4.69) is 104 Å². The van der Waals surface area contributed by atoms with Crippen molar-refractivity contribution in [1.82, 2.24) is 0 Å². The molecule has 0 saturated heterocycles. The summed E-state index contributed by atoms with van der Waals surface area (Å²) in [7, 11) is 2.19. The molecule has 0 radical (unpaired) electrons. The third-order valence-electron chi connectivity index (χ3n) is 10.6. The van der Waals surface area contributed by atoms with Crippen molar-refractivity contribution in [2.75, 3.05) is 0 Å². The molecule has 2 spiro atoms. The number of fused-ring (bicyclic) bond motifs is 6. The lowest BCUT2D eigenvalue weighted by atomic mass is 9.51. The van der Waals surface area contributed by atoms with Crippen LogP contribution in [0.5, 0.6) is 0 Å². The maximum Gasteiger partial charge on any atom is 0.213 e. The first kappa shape index (κ1) is 24.8. The Balaban J connectivity index is 1.46. The summed E-state index contributed by atoms with van der Waals surface area (Å²) in [5.74, 6) is 0. The molecular weight excluding hydrogens is 470 g/mol. The number of hydrogen-bond donors (Lipinski definition) is 0. The molecule has 1 aromatic heterocycles. The summed E-state index contributed by atoms with van der Waals surface area (Å²) in [6.07, 6.45) is 15.6. The van der Waals surface area contributed by atoms with Crippen LogP contribution >= 0.6 is 0 Å². The van der Waals surface area contributed by atoms with Crippen LogP contribution < -0.4 is 4.57 Å². The number of rotatable bonds is 2. The van der Waals surface area contributed by atoms with Gasteiger partial charge >= 0.3 is 0 Å². The molecule has 0 bridgehead atoms. The number of hydrogen-bond acceptors (Lipinski definition) is 0. The SMILES string of the molecule is Cc1c[n+](C)c(-c2ccccc2C)cc1-c1ccc2c(c1)C1(CCCCC1)c1ccccc1C21CCCCC1. The highest BCUT2D eigenvalue weighted by Gasteiger charge is 2.50. The molecule has 0 N–H and O–H groups in total. The van der Waals surface area contributed by atoms with Crippen LogP contribution in [0, 0.1) is 13.8 Å². The summed E-state index contributed by atoms with van der Waals surface area (Å²) >= 11 is 0. The number of nitrogens with zero attached hydrogens (tertiary/aromatic N) is 1. The van der Waals surface area contributed by atoms with Crippen LogP contribution in [0.15, 0.2) is 79.0 Å². The van der Waals surface area contributed by atoms with Crippen LogP contribution in [0.2, 0.25) is 0 Å². The second-order valence-corrected chi connectivity index (χ2v) is 12.8. The lowest BCUT2D eigenvalue weighted by Crippen LogP contribution is -2.44. The highest BCUT2D eigenvalue weighted by molar-refractivity contribution is 5.75. The van der Waals surface area contributed by atoms with Crippen molar-refractivity contribution in [3.63, 3.8) is 0 Å². The van der Waals surface area contributed by atoms with Gasteiger partial charge in [0.25, 0.3) is 0 Å². The van der Waals surface area contributed by atoms with Crippen molar-refractivity contribution in [1.29, 1.82) is 0 Å². The molecule has 2 fully saturated rings. The Hall–Kier alpha value is -3.19. The lowest BCUT2D eigenvalue weighted by Gasteiger charge is -2.52. The van der Waals surface area contributed by atoms with Crippen LogP contribution in [-0.4, -0.2) is 0 Å². The zero-order valence-corrected chi connectivity index (χ0v) is 24.0. The van der Waals surface area contributed by atoms with Gasteiger partial charge in [0.15, 0.2) is 6.20 Å². The van der Waals surface area contributed by atoms with Gasteiger partial charge < -0.3 is 0 Å². The van der Waals surface area contributed by atoms with E-state index in [1.807, 2.05) is 0 Å². The predicted octanol–water partition coefficient (Wildman–Crippen LogP) is 9.28. The fraction of sp³-hybridized carbons (Fsp3) is 0.395. The standard InChI is InChI=1S/C38H42N/c1-27-14-6-7-15-30(27)36-25-31(28(2)26-39(36)3)29-18-19-34-35(24-29)38(22-12-5-13-23-38)33-17-9-8-16-32(33)37(34)20-10-4-11-21-37/h6-9,14-19,24-26H,4-5,10-13,20-23H2,1-3H3/q+1. The molecule has 7 rings (SSSR count). The molecule has 3 aliphatic rings. The first-order chi connectivity index (χ1) is 19.0. The van der Waals surface area contributed by atoms with E-state index in [9.17, 15) is 0 Å². The lowest BCUT2D eigenvalue weighted by molar-refractivity contribution is -0.660. The maximum absolute atomic E-state index is 2.65. The molecule has 2 saturated carbocycles. The van der Waals surface area contributed by atoms with Crippen molar-refractivity contribution in [2.24, 2.45) is 7.05 Å². The zero-order chi connectivity index (χ0) is 26.6. The predicted molar refractivity (Wildman–Crippen MR) is 162 cm³/mol. The summed E-state index contributed by atoms with van der Waals surface area (Å²) in [5, 5.41) is 0. The normalized spacial score (nSPS) is 19.1. The average molecular weight is 513 g/mol. The second-order valence-electron chi connectivity index (χ2n) is 12.8. The molecule has 0 aliphatic heterocycles. The minimum absolute atomic E-state index is 0.162. The van der Waals surface area contributed by atoms with Crippen molar-refractivity contribution < 1.29 is 4.57 Å². The van der Waals surface area contributed by atoms with Crippen molar-refractivity contribution >= 4 is 0 Å². The molecule has 0 atom stereocenters.